The molecule has 1 amide bonds. The van der Waals surface area contributed by atoms with Gasteiger partial charge in [-0.25, -0.2) is 15.0 Å². The number of halogens is 3. The molecule has 28 heavy (non-hydrogen) atoms. The number of hydrogen-bond donors (Lipinski definition) is 1. The van der Waals surface area contributed by atoms with E-state index >= 15 is 0 Å². The van der Waals surface area contributed by atoms with Gasteiger partial charge in [0.25, 0.3) is 0 Å². The van der Waals surface area contributed by atoms with Crippen LogP contribution < -0.4 is 10.6 Å². The number of rotatable bonds is 3. The Morgan fingerprint density at radius 2 is 2.04 bits per heavy atom. The molecule has 146 valence electrons. The third-order valence-electron chi connectivity index (χ3n) is 4.84. The number of amides is 1. The van der Waals surface area contributed by atoms with Gasteiger partial charge in [0.2, 0.25) is 11.9 Å². The number of aromatic nitrogens is 4. The maximum Gasteiger partial charge on any atom is 0.417 e. The fourth-order valence-electron chi connectivity index (χ4n) is 3.37. The fraction of sp³-hybridized carbons (Fsp3) is 0.333. The van der Waals surface area contributed by atoms with Crippen molar-refractivity contribution in [1.82, 2.24) is 19.4 Å². The summed E-state index contributed by atoms with van der Waals surface area (Å²) < 4.78 is 40.5. The molecule has 7 nitrogen and oxygen atoms in total. The predicted molar refractivity (Wildman–Crippen MR) is 95.4 cm³/mol. The summed E-state index contributed by atoms with van der Waals surface area (Å²) >= 11 is 0. The Balaban J connectivity index is 1.71. The van der Waals surface area contributed by atoms with Crippen LogP contribution in [-0.4, -0.2) is 38.3 Å². The molecule has 0 unspecified atom stereocenters. The van der Waals surface area contributed by atoms with E-state index in [2.05, 4.69) is 15.0 Å². The molecule has 0 bridgehead atoms. The molecule has 1 aliphatic heterocycles. The number of anilines is 1. The lowest BCUT2D eigenvalue weighted by atomic mass is 9.98. The van der Waals surface area contributed by atoms with E-state index in [0.717, 1.165) is 25.1 Å². The van der Waals surface area contributed by atoms with Crippen molar-refractivity contribution >= 4 is 17.5 Å². The number of alkyl halides is 3. The van der Waals surface area contributed by atoms with Gasteiger partial charge in [0.1, 0.15) is 5.65 Å². The van der Waals surface area contributed by atoms with Crippen LogP contribution in [0.15, 0.2) is 36.8 Å². The van der Waals surface area contributed by atoms with Crippen LogP contribution in [0.4, 0.5) is 19.1 Å². The van der Waals surface area contributed by atoms with Crippen molar-refractivity contribution in [2.45, 2.75) is 19.0 Å². The summed E-state index contributed by atoms with van der Waals surface area (Å²) in [5.41, 5.74) is 5.90. The van der Waals surface area contributed by atoms with Gasteiger partial charge >= 0.3 is 6.18 Å². The molecule has 4 rings (SSSR count). The van der Waals surface area contributed by atoms with Crippen molar-refractivity contribution in [3.63, 3.8) is 0 Å². The van der Waals surface area contributed by atoms with Crippen molar-refractivity contribution in [1.29, 1.82) is 0 Å². The SMILES string of the molecule is NC(=O)[C@@H]1CCCN(c2nccc(-c3cnc4ccc(C(F)(F)F)cn34)n2)C1. The number of nitrogens with two attached hydrogens (primary N) is 1. The summed E-state index contributed by atoms with van der Waals surface area (Å²) in [6, 6.07) is 3.93. The van der Waals surface area contributed by atoms with Crippen molar-refractivity contribution in [3.05, 3.63) is 42.4 Å². The van der Waals surface area contributed by atoms with E-state index in [-0.39, 0.29) is 11.8 Å². The first-order valence-electron chi connectivity index (χ1n) is 8.75. The molecule has 0 aliphatic carbocycles. The Hall–Kier alpha value is -3.17. The minimum absolute atomic E-state index is 0.272. The van der Waals surface area contributed by atoms with Gasteiger partial charge in [-0.05, 0) is 31.0 Å². The fourth-order valence-corrected chi connectivity index (χ4v) is 3.37. The van der Waals surface area contributed by atoms with Crippen LogP contribution >= 0.6 is 0 Å². The number of pyridine rings is 1. The molecule has 10 heteroatoms. The van der Waals surface area contributed by atoms with Gasteiger partial charge in [-0.2, -0.15) is 13.2 Å². The third-order valence-corrected chi connectivity index (χ3v) is 4.84. The van der Waals surface area contributed by atoms with E-state index < -0.39 is 11.7 Å². The summed E-state index contributed by atoms with van der Waals surface area (Å²) in [6.07, 6.45) is 1.07. The summed E-state index contributed by atoms with van der Waals surface area (Å²) in [5.74, 6) is -0.223. The molecule has 0 spiro atoms. The van der Waals surface area contributed by atoms with Crippen LogP contribution in [0, 0.1) is 5.92 Å². The summed E-state index contributed by atoms with van der Waals surface area (Å²) in [7, 11) is 0. The van der Waals surface area contributed by atoms with Crippen LogP contribution in [-0.2, 0) is 11.0 Å². The smallest absolute Gasteiger partial charge is 0.369 e. The molecular formula is C18H17F3N6O. The van der Waals surface area contributed by atoms with Crippen LogP contribution in [0.5, 0.6) is 0 Å². The molecule has 0 aromatic carbocycles. The van der Waals surface area contributed by atoms with Crippen LogP contribution in [0.3, 0.4) is 0 Å². The van der Waals surface area contributed by atoms with Crippen LogP contribution in [0.1, 0.15) is 18.4 Å². The number of nitrogens with zero attached hydrogens (tertiary/aromatic N) is 5. The number of piperidine rings is 1. The highest BCUT2D eigenvalue weighted by atomic mass is 19.4. The number of hydrogen-bond acceptors (Lipinski definition) is 5. The molecule has 1 aliphatic rings. The number of carbonyl (C=O) groups excluding carboxylic acids is 1. The zero-order chi connectivity index (χ0) is 19.9. The molecule has 1 atom stereocenters. The van der Waals surface area contributed by atoms with Crippen LogP contribution in [0.25, 0.3) is 17.0 Å². The lowest BCUT2D eigenvalue weighted by Gasteiger charge is -2.31. The lowest BCUT2D eigenvalue weighted by Crippen LogP contribution is -2.41. The average molecular weight is 390 g/mol. The zero-order valence-electron chi connectivity index (χ0n) is 14.7. The topological polar surface area (TPSA) is 89.4 Å². The summed E-state index contributed by atoms with van der Waals surface area (Å²) in [4.78, 5) is 26.3. The van der Waals surface area contributed by atoms with Crippen molar-refractivity contribution < 1.29 is 18.0 Å². The van der Waals surface area contributed by atoms with E-state index in [1.165, 1.54) is 16.7 Å². The average Bonchev–Trinajstić information content (AvgIpc) is 3.11. The maximum atomic E-state index is 13.1. The van der Waals surface area contributed by atoms with Crippen molar-refractivity contribution in [3.8, 4) is 11.4 Å². The highest BCUT2D eigenvalue weighted by molar-refractivity contribution is 5.77. The summed E-state index contributed by atoms with van der Waals surface area (Å²) in [6.45, 7) is 1.10. The second-order valence-electron chi connectivity index (χ2n) is 6.72. The van der Waals surface area contributed by atoms with Gasteiger partial charge < -0.3 is 10.6 Å². The Morgan fingerprint density at radius 1 is 1.21 bits per heavy atom. The second-order valence-corrected chi connectivity index (χ2v) is 6.72. The van der Waals surface area contributed by atoms with Gasteiger partial charge in [-0.3, -0.25) is 9.20 Å². The highest BCUT2D eigenvalue weighted by Crippen LogP contribution is 2.31. The second kappa shape index (κ2) is 6.77. The first kappa shape index (κ1) is 18.2. The minimum atomic E-state index is -4.45. The minimum Gasteiger partial charge on any atom is -0.369 e. The lowest BCUT2D eigenvalue weighted by molar-refractivity contribution is -0.137. The van der Waals surface area contributed by atoms with E-state index in [9.17, 15) is 18.0 Å². The van der Waals surface area contributed by atoms with E-state index in [1.54, 1.807) is 12.3 Å². The molecular weight excluding hydrogens is 373 g/mol. The van der Waals surface area contributed by atoms with Crippen LogP contribution in [0.2, 0.25) is 0 Å². The Bertz CT molecular complexity index is 1030. The summed E-state index contributed by atoms with van der Waals surface area (Å²) in [5, 5.41) is 0. The molecule has 3 aromatic heterocycles. The molecule has 0 saturated carbocycles. The number of fused-ring (bicyclic) bond motifs is 1. The van der Waals surface area contributed by atoms with Gasteiger partial charge in [0.15, 0.2) is 0 Å². The monoisotopic (exact) mass is 390 g/mol. The number of carbonyl (C=O) groups is 1. The van der Waals surface area contributed by atoms with Gasteiger partial charge in [0, 0.05) is 25.5 Å². The van der Waals surface area contributed by atoms with Gasteiger partial charge in [0.05, 0.1) is 29.1 Å². The normalized spacial score (nSPS) is 17.8. The Morgan fingerprint density at radius 3 is 2.79 bits per heavy atom. The zero-order valence-corrected chi connectivity index (χ0v) is 14.7. The molecule has 2 N–H and O–H groups in total. The molecule has 0 radical (unpaired) electrons. The van der Waals surface area contributed by atoms with E-state index in [4.69, 9.17) is 5.73 Å². The first-order valence-corrected chi connectivity index (χ1v) is 8.75. The maximum absolute atomic E-state index is 13.1. The molecule has 1 saturated heterocycles. The van der Waals surface area contributed by atoms with E-state index in [0.29, 0.717) is 36.1 Å². The third kappa shape index (κ3) is 3.37. The number of imidazole rings is 1. The molecule has 1 fully saturated rings. The first-order chi connectivity index (χ1) is 13.3. The molecule has 3 aromatic rings. The van der Waals surface area contributed by atoms with Gasteiger partial charge in [-0.15, -0.1) is 0 Å². The Labute approximate surface area is 158 Å². The largest absolute Gasteiger partial charge is 0.417 e. The van der Waals surface area contributed by atoms with E-state index in [1.807, 2.05) is 4.90 Å². The van der Waals surface area contributed by atoms with Crippen molar-refractivity contribution in [2.75, 3.05) is 18.0 Å². The van der Waals surface area contributed by atoms with Crippen molar-refractivity contribution in [2.24, 2.45) is 11.7 Å². The standard InChI is InChI=1S/C18H17F3N6O/c19-18(20,21)12-3-4-15-24-8-14(27(15)10-12)13-5-6-23-17(25-13)26-7-1-2-11(9-26)16(22)28/h3-6,8,10-11H,1-2,7,9H2,(H2,22,28)/t11-/m1/s1. The quantitative estimate of drug-likeness (QED) is 0.742. The highest BCUT2D eigenvalue weighted by Gasteiger charge is 2.31. The Kier molecular flexibility index (Phi) is 4.40. The predicted octanol–water partition coefficient (Wildman–Crippen LogP) is 2.51. The molecule has 4 heterocycles. The number of primary amides is 1. The van der Waals surface area contributed by atoms with Gasteiger partial charge in [-0.1, -0.05) is 0 Å².